The molecule has 3 aliphatic rings. The van der Waals surface area contributed by atoms with E-state index in [9.17, 15) is 39.3 Å². The SMILES string of the molecule is C=CC(=O)OCCCCCCOc1ccc(OC(=O)C2CCC(C(=O)Oc3cc(C(C)(C)C)c(OC(=O)C4CCC(C(=O)Oc5ccc(OCCCCCCOC(=O)C=C)cc5)CC4)c4c3SC(=C(C#N)C#N)S4)CC2)cc1. The molecule has 78 heavy (non-hydrogen) atoms. The number of allylic oxidation sites excluding steroid dienone is 1. The van der Waals surface area contributed by atoms with Gasteiger partial charge in [-0.2, -0.15) is 10.5 Å². The Morgan fingerprint density at radius 3 is 1.27 bits per heavy atom. The summed E-state index contributed by atoms with van der Waals surface area (Å²) >= 11 is 2.22. The summed E-state index contributed by atoms with van der Waals surface area (Å²) in [5.74, 6) is -1.86. The zero-order valence-corrected chi connectivity index (χ0v) is 46.3. The van der Waals surface area contributed by atoms with Crippen molar-refractivity contribution < 1.29 is 66.7 Å². The number of nitriles is 2. The summed E-state index contributed by atoms with van der Waals surface area (Å²) in [6.45, 7) is 14.3. The first-order valence-electron chi connectivity index (χ1n) is 26.6. The van der Waals surface area contributed by atoms with Crippen LogP contribution >= 0.6 is 23.5 Å². The molecule has 18 heteroatoms. The highest BCUT2D eigenvalue weighted by Gasteiger charge is 2.39. The molecular weight excluding hydrogens is 1040 g/mol. The average molecular weight is 1110 g/mol. The quantitative estimate of drug-likeness (QED) is 0.0239. The lowest BCUT2D eigenvalue weighted by Gasteiger charge is -2.29. The van der Waals surface area contributed by atoms with Crippen LogP contribution < -0.4 is 28.4 Å². The number of hydrogen-bond acceptors (Lipinski definition) is 18. The number of fused-ring (bicyclic) bond motifs is 1. The second-order valence-corrected chi connectivity index (χ2v) is 22.5. The second kappa shape index (κ2) is 30.2. The number of nitrogens with zero attached hydrogens (tertiary/aromatic N) is 2. The first kappa shape index (κ1) is 60.2. The molecule has 0 spiro atoms. The van der Waals surface area contributed by atoms with Crippen molar-refractivity contribution in [2.75, 3.05) is 26.4 Å². The number of unbranched alkanes of at least 4 members (excludes halogenated alkanes) is 6. The summed E-state index contributed by atoms with van der Waals surface area (Å²) in [6.07, 6.45) is 12.4. The van der Waals surface area contributed by atoms with Crippen molar-refractivity contribution in [3.8, 4) is 46.6 Å². The molecule has 16 nitrogen and oxygen atoms in total. The lowest BCUT2D eigenvalue weighted by Crippen LogP contribution is -2.31. The number of ether oxygens (including phenoxy) is 8. The van der Waals surface area contributed by atoms with E-state index < -0.39 is 53.0 Å². The highest BCUT2D eigenvalue weighted by atomic mass is 32.2. The molecule has 6 rings (SSSR count). The molecule has 0 atom stereocenters. The molecule has 1 heterocycles. The first-order valence-corrected chi connectivity index (χ1v) is 28.3. The molecule has 0 aromatic heterocycles. The first-order chi connectivity index (χ1) is 37.6. The number of thioether (sulfide) groups is 2. The Kier molecular flexibility index (Phi) is 23.3. The van der Waals surface area contributed by atoms with Crippen molar-refractivity contribution in [1.82, 2.24) is 0 Å². The van der Waals surface area contributed by atoms with E-state index in [4.69, 9.17) is 37.9 Å². The van der Waals surface area contributed by atoms with Crippen LogP contribution in [-0.2, 0) is 43.7 Å². The smallest absolute Gasteiger partial charge is 0.330 e. The second-order valence-electron chi connectivity index (χ2n) is 20.2. The number of rotatable bonds is 26. The van der Waals surface area contributed by atoms with E-state index in [1.807, 2.05) is 32.9 Å². The molecule has 2 saturated carbocycles. The van der Waals surface area contributed by atoms with Crippen LogP contribution in [0.4, 0.5) is 0 Å². The molecule has 414 valence electrons. The number of carbonyl (C=O) groups excluding carboxylic acids is 6. The van der Waals surface area contributed by atoms with Crippen LogP contribution in [0.25, 0.3) is 0 Å². The molecule has 1 aliphatic heterocycles. The summed E-state index contributed by atoms with van der Waals surface area (Å²) in [7, 11) is 0. The Morgan fingerprint density at radius 1 is 0.526 bits per heavy atom. The van der Waals surface area contributed by atoms with Crippen LogP contribution in [-0.4, -0.2) is 62.2 Å². The van der Waals surface area contributed by atoms with Crippen molar-refractivity contribution in [1.29, 1.82) is 10.5 Å². The van der Waals surface area contributed by atoms with Gasteiger partial charge in [0.05, 0.1) is 64.1 Å². The van der Waals surface area contributed by atoms with Gasteiger partial charge in [0.1, 0.15) is 52.2 Å². The summed E-state index contributed by atoms with van der Waals surface area (Å²) < 4.78 is 45.9. The Morgan fingerprint density at radius 2 is 0.885 bits per heavy atom. The predicted octanol–water partition coefficient (Wildman–Crippen LogP) is 12.4. The lowest BCUT2D eigenvalue weighted by molar-refractivity contribution is -0.145. The minimum absolute atomic E-state index is 0.132. The molecular formula is C60H68N2O14S2. The molecule has 3 aromatic carbocycles. The maximum absolute atomic E-state index is 14.1. The van der Waals surface area contributed by atoms with Crippen LogP contribution in [0.3, 0.4) is 0 Å². The van der Waals surface area contributed by atoms with E-state index in [2.05, 4.69) is 13.2 Å². The van der Waals surface area contributed by atoms with Crippen LogP contribution in [0.1, 0.15) is 129 Å². The van der Waals surface area contributed by atoms with E-state index >= 15 is 0 Å². The maximum Gasteiger partial charge on any atom is 0.330 e. The van der Waals surface area contributed by atoms with Crippen LogP contribution in [0.5, 0.6) is 34.5 Å². The van der Waals surface area contributed by atoms with Gasteiger partial charge in [0.25, 0.3) is 0 Å². The molecule has 2 aliphatic carbocycles. The number of esters is 6. The van der Waals surface area contributed by atoms with E-state index in [0.29, 0.717) is 120 Å². The third-order valence-electron chi connectivity index (χ3n) is 13.5. The summed E-state index contributed by atoms with van der Waals surface area (Å²) in [4.78, 5) is 77.7. The minimum Gasteiger partial charge on any atom is -0.494 e. The standard InChI is InChI=1S/C60H68N2O14S2/c1-6-50(63)71-34-14-10-8-12-32-69-44-24-28-46(29-25-44)73-55(65)39-16-20-41(21-17-39)57(67)75-49-36-48(60(3,4)5)52(54-53(49)77-59(78-54)43(37-61)38-62)76-58(68)42-22-18-40(19-23-42)56(66)74-47-30-26-45(27-31-47)70-33-13-9-11-15-35-72-51(64)7-2/h6-7,24-31,36,39-42H,1-2,8-23,32-35H2,3-5H3. The summed E-state index contributed by atoms with van der Waals surface area (Å²) in [6, 6.07) is 19.3. The Bertz CT molecular complexity index is 2720. The van der Waals surface area contributed by atoms with Crippen LogP contribution in [0.15, 0.2) is 99.5 Å². The molecule has 3 aromatic rings. The molecule has 0 saturated heterocycles. The van der Waals surface area contributed by atoms with Crippen LogP contribution in [0, 0.1) is 46.3 Å². The third kappa shape index (κ3) is 18.0. The van der Waals surface area contributed by atoms with Gasteiger partial charge in [-0.15, -0.1) is 0 Å². The fraction of sp³-hybridized carbons (Fsp3) is 0.467. The molecule has 0 radical (unpaired) electrons. The molecule has 2 fully saturated rings. The van der Waals surface area contributed by atoms with Crippen LogP contribution in [0.2, 0.25) is 0 Å². The molecule has 0 amide bonds. The van der Waals surface area contributed by atoms with Gasteiger partial charge in [-0.3, -0.25) is 19.2 Å². The topological polar surface area (TPSA) is 224 Å². The normalized spacial score (nSPS) is 17.6. The Labute approximate surface area is 465 Å². The Hall–Kier alpha value is -7.02. The average Bonchev–Trinajstić information content (AvgIpc) is 3.90. The van der Waals surface area contributed by atoms with E-state index in [1.165, 1.54) is 0 Å². The van der Waals surface area contributed by atoms with Gasteiger partial charge in [-0.05, 0) is 163 Å². The van der Waals surface area contributed by atoms with Gasteiger partial charge < -0.3 is 37.9 Å². The zero-order chi connectivity index (χ0) is 56.0. The van der Waals surface area contributed by atoms with Gasteiger partial charge in [-0.1, -0.05) is 57.5 Å². The van der Waals surface area contributed by atoms with Crippen molar-refractivity contribution in [2.45, 2.75) is 139 Å². The van der Waals surface area contributed by atoms with E-state index in [1.54, 1.807) is 54.6 Å². The highest BCUT2D eigenvalue weighted by molar-refractivity contribution is 8.24. The lowest BCUT2D eigenvalue weighted by atomic mass is 9.82. The van der Waals surface area contributed by atoms with E-state index in [0.717, 1.165) is 87.0 Å². The van der Waals surface area contributed by atoms with Gasteiger partial charge >= 0.3 is 35.8 Å². The maximum atomic E-state index is 14.1. The van der Waals surface area contributed by atoms with Crippen molar-refractivity contribution in [3.05, 3.63) is 95.3 Å². The summed E-state index contributed by atoms with van der Waals surface area (Å²) in [5.41, 5.74) is -0.181. The number of carbonyl (C=O) groups is 6. The minimum atomic E-state index is -0.633. The van der Waals surface area contributed by atoms with Gasteiger partial charge in [0.15, 0.2) is 0 Å². The molecule has 0 bridgehead atoms. The monoisotopic (exact) mass is 1100 g/mol. The van der Waals surface area contributed by atoms with Crippen molar-refractivity contribution in [2.24, 2.45) is 23.7 Å². The van der Waals surface area contributed by atoms with Crippen molar-refractivity contribution in [3.63, 3.8) is 0 Å². The van der Waals surface area contributed by atoms with Gasteiger partial charge in [0, 0.05) is 17.7 Å². The number of hydrogen-bond donors (Lipinski definition) is 0. The highest BCUT2D eigenvalue weighted by Crippen LogP contribution is 2.61. The largest absolute Gasteiger partial charge is 0.494 e. The number of benzene rings is 3. The van der Waals surface area contributed by atoms with E-state index in [-0.39, 0.29) is 29.0 Å². The van der Waals surface area contributed by atoms with Gasteiger partial charge in [-0.25, -0.2) is 9.59 Å². The fourth-order valence-corrected chi connectivity index (χ4v) is 11.5. The zero-order valence-electron chi connectivity index (χ0n) is 44.6. The van der Waals surface area contributed by atoms with Crippen molar-refractivity contribution >= 4 is 59.3 Å². The molecule has 0 N–H and O–H groups in total. The predicted molar refractivity (Wildman–Crippen MR) is 292 cm³/mol. The van der Waals surface area contributed by atoms with Gasteiger partial charge in [0.2, 0.25) is 0 Å². The molecule has 0 unspecified atom stereocenters. The fourth-order valence-electron chi connectivity index (χ4n) is 9.02. The Balaban J connectivity index is 0.993. The summed E-state index contributed by atoms with van der Waals surface area (Å²) in [5, 5.41) is 19.7. The third-order valence-corrected chi connectivity index (χ3v) is 16.1.